The van der Waals surface area contributed by atoms with Crippen molar-refractivity contribution in [1.82, 2.24) is 30.0 Å². The van der Waals surface area contributed by atoms with Gasteiger partial charge < -0.3 is 5.73 Å². The third kappa shape index (κ3) is 1.56. The van der Waals surface area contributed by atoms with Crippen LogP contribution in [0.2, 0.25) is 0 Å². The molecule has 7 nitrogen and oxygen atoms in total. The van der Waals surface area contributed by atoms with E-state index in [-0.39, 0.29) is 0 Å². The molecule has 2 aromatic rings. The van der Waals surface area contributed by atoms with Gasteiger partial charge in [-0.1, -0.05) is 0 Å². The van der Waals surface area contributed by atoms with E-state index in [4.69, 9.17) is 5.73 Å². The molecular weight excluding hydrogens is 194 g/mol. The largest absolute Gasteiger partial charge is 0.396 e. The second-order valence-corrected chi connectivity index (χ2v) is 3.46. The van der Waals surface area contributed by atoms with Crippen LogP contribution in [0.4, 0.5) is 5.69 Å². The summed E-state index contributed by atoms with van der Waals surface area (Å²) < 4.78 is 3.42. The van der Waals surface area contributed by atoms with E-state index in [1.807, 2.05) is 13.8 Å². The molecule has 0 fully saturated rings. The summed E-state index contributed by atoms with van der Waals surface area (Å²) >= 11 is 0. The van der Waals surface area contributed by atoms with Crippen molar-refractivity contribution in [3.05, 3.63) is 17.2 Å². The monoisotopic (exact) mass is 207 g/mol. The smallest absolute Gasteiger partial charge is 0.172 e. The molecular formula is C8H13N7. The maximum atomic E-state index is 5.83. The third-order valence-corrected chi connectivity index (χ3v) is 2.44. The number of rotatable bonds is 2. The number of aromatic nitrogens is 6. The fourth-order valence-corrected chi connectivity index (χ4v) is 1.38. The highest BCUT2D eigenvalue weighted by atomic mass is 15.5. The zero-order valence-corrected chi connectivity index (χ0v) is 8.97. The Balaban J connectivity index is 2.33. The number of tetrazole rings is 1. The molecule has 0 atom stereocenters. The minimum atomic E-state index is 0.535. The fraction of sp³-hybridized carbons (Fsp3) is 0.500. The number of hydrogen-bond acceptors (Lipinski definition) is 5. The highest BCUT2D eigenvalue weighted by Crippen LogP contribution is 2.15. The predicted octanol–water partition coefficient (Wildman–Crippen LogP) is -0.346. The van der Waals surface area contributed by atoms with Crippen LogP contribution in [0.5, 0.6) is 0 Å². The number of aryl methyl sites for hydroxylation is 2. The van der Waals surface area contributed by atoms with E-state index in [1.165, 1.54) is 0 Å². The lowest BCUT2D eigenvalue weighted by Gasteiger charge is -2.02. The maximum Gasteiger partial charge on any atom is 0.172 e. The fourth-order valence-electron chi connectivity index (χ4n) is 1.38. The van der Waals surface area contributed by atoms with Crippen LogP contribution in [0, 0.1) is 13.8 Å². The van der Waals surface area contributed by atoms with Crippen LogP contribution in [0.1, 0.15) is 17.2 Å². The molecule has 0 spiro atoms. The standard InChI is InChI=1S/C8H13N7/c1-5-8(9)6(2)15(11-5)4-7-10-12-13-14(7)3/h4,9H2,1-3H3. The average Bonchev–Trinajstić information content (AvgIpc) is 2.69. The Morgan fingerprint density at radius 1 is 1.33 bits per heavy atom. The van der Waals surface area contributed by atoms with E-state index in [2.05, 4.69) is 20.6 Å². The van der Waals surface area contributed by atoms with Crippen LogP contribution in [0.25, 0.3) is 0 Å². The zero-order valence-electron chi connectivity index (χ0n) is 8.97. The Kier molecular flexibility index (Phi) is 2.14. The van der Waals surface area contributed by atoms with Gasteiger partial charge in [0.2, 0.25) is 0 Å². The van der Waals surface area contributed by atoms with Gasteiger partial charge in [0.25, 0.3) is 0 Å². The van der Waals surface area contributed by atoms with Crippen molar-refractivity contribution < 1.29 is 0 Å². The van der Waals surface area contributed by atoms with Crippen LogP contribution in [-0.4, -0.2) is 30.0 Å². The van der Waals surface area contributed by atoms with E-state index in [1.54, 1.807) is 16.4 Å². The van der Waals surface area contributed by atoms with Crippen LogP contribution < -0.4 is 5.73 Å². The topological polar surface area (TPSA) is 87.4 Å². The molecule has 0 aliphatic heterocycles. The van der Waals surface area contributed by atoms with Gasteiger partial charge in [0.15, 0.2) is 5.82 Å². The molecule has 0 unspecified atom stereocenters. The lowest BCUT2D eigenvalue weighted by atomic mass is 10.3. The minimum absolute atomic E-state index is 0.535. The summed E-state index contributed by atoms with van der Waals surface area (Å²) in [6.07, 6.45) is 0. The molecule has 0 aliphatic rings. The molecule has 0 saturated heterocycles. The van der Waals surface area contributed by atoms with Gasteiger partial charge >= 0.3 is 0 Å². The van der Waals surface area contributed by atoms with Gasteiger partial charge in [0.1, 0.15) is 6.54 Å². The Hall–Kier alpha value is -1.92. The van der Waals surface area contributed by atoms with Gasteiger partial charge in [-0.2, -0.15) is 5.10 Å². The Bertz CT molecular complexity index is 481. The lowest BCUT2D eigenvalue weighted by Crippen LogP contribution is -2.09. The van der Waals surface area contributed by atoms with E-state index >= 15 is 0 Å². The second kappa shape index (κ2) is 3.34. The Morgan fingerprint density at radius 2 is 2.07 bits per heavy atom. The SMILES string of the molecule is Cc1nn(Cc2nnnn2C)c(C)c1N. The summed E-state index contributed by atoms with van der Waals surface area (Å²) in [6, 6.07) is 0. The molecule has 0 aromatic carbocycles. The first-order chi connectivity index (χ1) is 7.09. The first-order valence-electron chi connectivity index (χ1n) is 4.60. The quantitative estimate of drug-likeness (QED) is 0.727. The first-order valence-corrected chi connectivity index (χ1v) is 4.60. The zero-order chi connectivity index (χ0) is 11.0. The van der Waals surface area contributed by atoms with E-state index in [0.717, 1.165) is 22.9 Å². The molecule has 0 radical (unpaired) electrons. The van der Waals surface area contributed by atoms with E-state index < -0.39 is 0 Å². The molecule has 80 valence electrons. The van der Waals surface area contributed by atoms with Crippen molar-refractivity contribution in [3.8, 4) is 0 Å². The van der Waals surface area contributed by atoms with Gasteiger partial charge in [-0.3, -0.25) is 4.68 Å². The minimum Gasteiger partial charge on any atom is -0.396 e. The molecule has 7 heteroatoms. The molecule has 0 saturated carbocycles. The number of anilines is 1. The van der Waals surface area contributed by atoms with Crippen LogP contribution in [-0.2, 0) is 13.6 Å². The highest BCUT2D eigenvalue weighted by molar-refractivity contribution is 5.46. The van der Waals surface area contributed by atoms with E-state index in [9.17, 15) is 0 Å². The van der Waals surface area contributed by atoms with Gasteiger partial charge in [-0.25, -0.2) is 4.68 Å². The Morgan fingerprint density at radius 3 is 2.53 bits per heavy atom. The van der Waals surface area contributed by atoms with Crippen molar-refractivity contribution in [2.45, 2.75) is 20.4 Å². The highest BCUT2D eigenvalue weighted by Gasteiger charge is 2.10. The number of hydrogen-bond donors (Lipinski definition) is 1. The van der Waals surface area contributed by atoms with E-state index in [0.29, 0.717) is 6.54 Å². The second-order valence-electron chi connectivity index (χ2n) is 3.46. The number of nitrogens with two attached hydrogens (primary N) is 1. The lowest BCUT2D eigenvalue weighted by molar-refractivity contribution is 0.592. The molecule has 2 heterocycles. The summed E-state index contributed by atoms with van der Waals surface area (Å²) in [6.45, 7) is 4.35. The molecule has 2 aromatic heterocycles. The van der Waals surface area contributed by atoms with Crippen molar-refractivity contribution in [3.63, 3.8) is 0 Å². The van der Waals surface area contributed by atoms with Crippen molar-refractivity contribution in [2.24, 2.45) is 7.05 Å². The van der Waals surface area contributed by atoms with Gasteiger partial charge in [-0.15, -0.1) is 5.10 Å². The van der Waals surface area contributed by atoms with Crippen LogP contribution >= 0.6 is 0 Å². The molecule has 0 aliphatic carbocycles. The average molecular weight is 207 g/mol. The summed E-state index contributed by atoms with van der Waals surface area (Å²) in [5.41, 5.74) is 8.33. The first kappa shape index (κ1) is 9.63. The van der Waals surface area contributed by atoms with Gasteiger partial charge in [0.05, 0.1) is 17.1 Å². The number of nitrogen functional groups attached to an aromatic ring is 1. The maximum absolute atomic E-state index is 5.83. The van der Waals surface area contributed by atoms with Gasteiger partial charge in [0, 0.05) is 7.05 Å². The van der Waals surface area contributed by atoms with Crippen molar-refractivity contribution >= 4 is 5.69 Å². The van der Waals surface area contributed by atoms with Crippen LogP contribution in [0.3, 0.4) is 0 Å². The van der Waals surface area contributed by atoms with Gasteiger partial charge in [-0.05, 0) is 24.3 Å². The summed E-state index contributed by atoms with van der Waals surface area (Å²) in [5.74, 6) is 0.751. The molecule has 0 amide bonds. The third-order valence-electron chi connectivity index (χ3n) is 2.44. The van der Waals surface area contributed by atoms with Crippen LogP contribution in [0.15, 0.2) is 0 Å². The number of nitrogens with zero attached hydrogens (tertiary/aromatic N) is 6. The molecule has 15 heavy (non-hydrogen) atoms. The summed E-state index contributed by atoms with van der Waals surface area (Å²) in [5, 5.41) is 15.5. The van der Waals surface area contributed by atoms with Crippen molar-refractivity contribution in [2.75, 3.05) is 5.73 Å². The molecule has 2 N–H and O–H groups in total. The summed E-state index contributed by atoms with van der Waals surface area (Å²) in [7, 11) is 1.80. The predicted molar refractivity (Wildman–Crippen MR) is 54.0 cm³/mol. The summed E-state index contributed by atoms with van der Waals surface area (Å²) in [4.78, 5) is 0. The molecule has 0 bridgehead atoms. The normalized spacial score (nSPS) is 10.9. The Labute approximate surface area is 86.9 Å². The molecule has 2 rings (SSSR count). The van der Waals surface area contributed by atoms with Crippen molar-refractivity contribution in [1.29, 1.82) is 0 Å².